The van der Waals surface area contributed by atoms with Gasteiger partial charge in [-0.3, -0.25) is 0 Å². The van der Waals surface area contributed by atoms with Crippen molar-refractivity contribution in [3.05, 3.63) is 76.1 Å². The minimum Gasteiger partial charge on any atom is -0.488 e. The Kier molecular flexibility index (Phi) is 8.47. The average Bonchev–Trinajstić information content (AvgIpc) is 2.88. The molecule has 37 heavy (non-hydrogen) atoms. The van der Waals surface area contributed by atoms with E-state index in [0.717, 1.165) is 42.6 Å². The predicted octanol–water partition coefficient (Wildman–Crippen LogP) is 5.29. The number of hydrogen-bond donors (Lipinski definition) is 4. The van der Waals surface area contributed by atoms with Crippen molar-refractivity contribution in [2.75, 3.05) is 18.4 Å². The zero-order valence-electron chi connectivity index (χ0n) is 20.6. The molecular weight excluding hydrogens is 496 g/mol. The molecule has 1 fully saturated rings. The third kappa shape index (κ3) is 7.12. The van der Waals surface area contributed by atoms with Gasteiger partial charge in [-0.2, -0.15) is 0 Å². The van der Waals surface area contributed by atoms with E-state index in [1.165, 1.54) is 12.3 Å². The Morgan fingerprint density at radius 1 is 1.08 bits per heavy atom. The normalized spacial score (nSPS) is 13.6. The van der Waals surface area contributed by atoms with Crippen LogP contribution in [0.4, 0.5) is 10.5 Å². The number of carbonyl (C=O) groups excluding carboxylic acids is 1. The van der Waals surface area contributed by atoms with Gasteiger partial charge >= 0.3 is 12.0 Å². The summed E-state index contributed by atoms with van der Waals surface area (Å²) in [6.45, 7) is 5.83. The molecule has 4 N–H and O–H groups in total. The smallest absolute Gasteiger partial charge is 0.354 e. The number of pyridine rings is 1. The zero-order valence-corrected chi connectivity index (χ0v) is 21.4. The van der Waals surface area contributed by atoms with Crippen LogP contribution >= 0.6 is 11.6 Å². The first-order valence-corrected chi connectivity index (χ1v) is 12.4. The van der Waals surface area contributed by atoms with Crippen LogP contribution in [0.25, 0.3) is 0 Å². The molecule has 194 valence electrons. The molecule has 0 aliphatic carbocycles. The van der Waals surface area contributed by atoms with Crippen molar-refractivity contribution in [1.29, 1.82) is 0 Å². The molecule has 1 aliphatic rings. The highest BCUT2D eigenvalue weighted by molar-refractivity contribution is 6.31. The van der Waals surface area contributed by atoms with Crippen LogP contribution in [-0.2, 0) is 6.54 Å². The number of nitrogens with zero attached hydrogens (tertiary/aromatic N) is 1. The molecule has 1 aromatic heterocycles. The molecule has 1 saturated heterocycles. The van der Waals surface area contributed by atoms with E-state index in [0.29, 0.717) is 34.5 Å². The first-order chi connectivity index (χ1) is 17.8. The Labute approximate surface area is 220 Å². The van der Waals surface area contributed by atoms with Gasteiger partial charge in [0.1, 0.15) is 23.4 Å². The second-order valence-corrected chi connectivity index (χ2v) is 9.26. The Balaban J connectivity index is 1.37. The van der Waals surface area contributed by atoms with Gasteiger partial charge < -0.3 is 30.5 Å². The summed E-state index contributed by atoms with van der Waals surface area (Å²) in [6, 6.07) is 11.7. The molecule has 0 bridgehead atoms. The number of hydrogen-bond acceptors (Lipinski definition) is 6. The van der Waals surface area contributed by atoms with Crippen molar-refractivity contribution in [3.63, 3.8) is 0 Å². The largest absolute Gasteiger partial charge is 0.488 e. The number of anilines is 1. The Morgan fingerprint density at radius 2 is 1.86 bits per heavy atom. The van der Waals surface area contributed by atoms with Crippen LogP contribution in [0.1, 0.15) is 40.0 Å². The number of nitrogens with one attached hydrogen (secondary N) is 3. The van der Waals surface area contributed by atoms with Gasteiger partial charge in [0.2, 0.25) is 0 Å². The van der Waals surface area contributed by atoms with Crippen LogP contribution < -0.4 is 25.4 Å². The lowest BCUT2D eigenvalue weighted by Gasteiger charge is -2.25. The monoisotopic (exact) mass is 524 g/mol. The fraction of sp³-hybridized carbons (Fsp3) is 0.296. The zero-order chi connectivity index (χ0) is 26.4. The lowest BCUT2D eigenvalue weighted by atomic mass is 10.1. The Hall–Kier alpha value is -3.82. The molecule has 4 rings (SSSR count). The maximum absolute atomic E-state index is 12.7. The summed E-state index contributed by atoms with van der Waals surface area (Å²) in [5.41, 5.74) is 3.02. The Morgan fingerprint density at radius 3 is 2.59 bits per heavy atom. The molecule has 0 unspecified atom stereocenters. The number of aryl methyl sites for hydroxylation is 2. The summed E-state index contributed by atoms with van der Waals surface area (Å²) in [4.78, 5) is 27.6. The number of halogens is 1. The molecule has 0 spiro atoms. The molecule has 0 atom stereocenters. The quantitative estimate of drug-likeness (QED) is 0.315. The van der Waals surface area contributed by atoms with E-state index >= 15 is 0 Å². The molecule has 10 heteroatoms. The molecule has 1 aliphatic heterocycles. The summed E-state index contributed by atoms with van der Waals surface area (Å²) in [7, 11) is 0. The number of ether oxygens (including phenoxy) is 2. The maximum Gasteiger partial charge on any atom is 0.354 e. The number of piperidine rings is 1. The van der Waals surface area contributed by atoms with Gasteiger partial charge in [-0.05, 0) is 74.7 Å². The highest BCUT2D eigenvalue weighted by Gasteiger charge is 2.18. The van der Waals surface area contributed by atoms with Gasteiger partial charge in [0.25, 0.3) is 0 Å². The second kappa shape index (κ2) is 11.9. The number of aromatic nitrogens is 1. The molecular formula is C27H29ClN4O5. The van der Waals surface area contributed by atoms with E-state index in [4.69, 9.17) is 26.2 Å². The maximum atomic E-state index is 12.7. The van der Waals surface area contributed by atoms with Crippen molar-refractivity contribution in [2.24, 2.45) is 0 Å². The summed E-state index contributed by atoms with van der Waals surface area (Å²) in [5, 5.41) is 18.7. The highest BCUT2D eigenvalue weighted by atomic mass is 35.5. The number of rotatable bonds is 8. The van der Waals surface area contributed by atoms with Crippen molar-refractivity contribution in [1.82, 2.24) is 15.6 Å². The van der Waals surface area contributed by atoms with E-state index < -0.39 is 5.97 Å². The number of carboxylic acids is 1. The fourth-order valence-electron chi connectivity index (χ4n) is 3.95. The molecule has 3 aromatic rings. The number of amides is 2. The minimum atomic E-state index is -1.12. The second-order valence-electron chi connectivity index (χ2n) is 8.86. The molecule has 0 saturated carbocycles. The van der Waals surface area contributed by atoms with Gasteiger partial charge in [-0.15, -0.1) is 0 Å². The van der Waals surface area contributed by atoms with Crippen LogP contribution in [0, 0.1) is 13.8 Å². The van der Waals surface area contributed by atoms with Crippen molar-refractivity contribution < 1.29 is 24.2 Å². The third-order valence-corrected chi connectivity index (χ3v) is 6.37. The van der Waals surface area contributed by atoms with E-state index in [9.17, 15) is 9.59 Å². The first-order valence-electron chi connectivity index (χ1n) is 12.0. The van der Waals surface area contributed by atoms with E-state index in [1.54, 1.807) is 18.2 Å². The number of carboxylic acid groups (broad SMARTS) is 1. The summed E-state index contributed by atoms with van der Waals surface area (Å²) in [5.74, 6) is 0.381. The van der Waals surface area contributed by atoms with Crippen molar-refractivity contribution >= 4 is 29.3 Å². The predicted molar refractivity (Wildman–Crippen MR) is 141 cm³/mol. The lowest BCUT2D eigenvalue weighted by Crippen LogP contribution is -2.34. The molecule has 0 radical (unpaired) electrons. The lowest BCUT2D eigenvalue weighted by molar-refractivity contribution is 0.0690. The Bertz CT molecular complexity index is 1290. The molecule has 2 aromatic carbocycles. The van der Waals surface area contributed by atoms with E-state index in [1.807, 2.05) is 32.0 Å². The highest BCUT2D eigenvalue weighted by Crippen LogP contribution is 2.33. The van der Waals surface area contributed by atoms with Crippen LogP contribution in [0.2, 0.25) is 5.02 Å². The molecule has 9 nitrogen and oxygen atoms in total. The van der Waals surface area contributed by atoms with Gasteiger partial charge in [-0.1, -0.05) is 23.7 Å². The first kappa shape index (κ1) is 26.2. The number of carbonyl (C=O) groups is 2. The van der Waals surface area contributed by atoms with Crippen molar-refractivity contribution in [2.45, 2.75) is 39.3 Å². The topological polar surface area (TPSA) is 122 Å². The fourth-order valence-corrected chi connectivity index (χ4v) is 4.11. The van der Waals surface area contributed by atoms with Crippen LogP contribution in [0.3, 0.4) is 0 Å². The van der Waals surface area contributed by atoms with E-state index in [-0.39, 0.29) is 17.8 Å². The summed E-state index contributed by atoms with van der Waals surface area (Å²) >= 11 is 6.32. The van der Waals surface area contributed by atoms with Crippen LogP contribution in [0.15, 0.2) is 48.7 Å². The summed E-state index contributed by atoms with van der Waals surface area (Å²) in [6.07, 6.45) is 3.22. The molecule has 2 heterocycles. The van der Waals surface area contributed by atoms with Gasteiger partial charge in [0.15, 0.2) is 5.69 Å². The summed E-state index contributed by atoms with van der Waals surface area (Å²) < 4.78 is 12.0. The van der Waals surface area contributed by atoms with Gasteiger partial charge in [-0.25, -0.2) is 14.6 Å². The average molecular weight is 525 g/mol. The standard InChI is InChI=1S/C27H29ClN4O5/c1-16-12-22(25(14-21(16)28)36-19-5-8-29-9-6-19)32-27(35)31-15-18-3-4-24(17(2)11-18)37-20-7-10-30-23(13-20)26(33)34/h3-4,7,10-14,19,29H,5-6,8-9,15H2,1-2H3,(H,33,34)(H2,31,32,35). The van der Waals surface area contributed by atoms with E-state index in [2.05, 4.69) is 20.9 Å². The molecule has 2 amide bonds. The van der Waals surface area contributed by atoms with Crippen molar-refractivity contribution in [3.8, 4) is 17.2 Å². The number of aromatic carboxylic acids is 1. The van der Waals surface area contributed by atoms with Gasteiger partial charge in [0.05, 0.1) is 5.69 Å². The third-order valence-electron chi connectivity index (χ3n) is 5.96. The number of benzene rings is 2. The number of urea groups is 1. The van der Waals surface area contributed by atoms with Crippen LogP contribution in [0.5, 0.6) is 17.2 Å². The van der Waals surface area contributed by atoms with Crippen LogP contribution in [-0.4, -0.2) is 41.3 Å². The SMILES string of the molecule is Cc1cc(NC(=O)NCc2ccc(Oc3ccnc(C(=O)O)c3)c(C)c2)c(OC2CCNCC2)cc1Cl. The minimum absolute atomic E-state index is 0.0650. The van der Waals surface area contributed by atoms with Gasteiger partial charge in [0, 0.05) is 29.9 Å².